The summed E-state index contributed by atoms with van der Waals surface area (Å²) in [5.41, 5.74) is 2.56. The van der Waals surface area contributed by atoms with E-state index in [0.717, 1.165) is 19.4 Å². The van der Waals surface area contributed by atoms with Crippen molar-refractivity contribution < 1.29 is 14.3 Å². The minimum Gasteiger partial charge on any atom is -0.451 e. The first-order valence-corrected chi connectivity index (χ1v) is 10.0. The summed E-state index contributed by atoms with van der Waals surface area (Å²) >= 11 is 7.88. The Morgan fingerprint density at radius 2 is 1.69 bits per heavy atom. The van der Waals surface area contributed by atoms with Crippen LogP contribution in [-0.4, -0.2) is 18.5 Å². The van der Waals surface area contributed by atoms with Crippen molar-refractivity contribution in [1.29, 1.82) is 0 Å². The Labute approximate surface area is 171 Å². The van der Waals surface area contributed by atoms with E-state index in [4.69, 9.17) is 4.74 Å². The van der Waals surface area contributed by atoms with Crippen LogP contribution in [0.4, 0.5) is 5.69 Å². The molecule has 0 fully saturated rings. The number of amides is 1. The highest BCUT2D eigenvalue weighted by Gasteiger charge is 2.15. The first-order valence-electron chi connectivity index (χ1n) is 7.61. The highest BCUT2D eigenvalue weighted by Crippen LogP contribution is 2.32. The Morgan fingerprint density at radius 3 is 2.38 bits per heavy atom. The van der Waals surface area contributed by atoms with Crippen molar-refractivity contribution in [2.24, 2.45) is 0 Å². The fraction of sp³-hybridized carbons (Fsp3) is 0.0526. The van der Waals surface area contributed by atoms with Crippen LogP contribution >= 0.6 is 43.2 Å². The average Bonchev–Trinajstić information content (AvgIpc) is 3.00. The van der Waals surface area contributed by atoms with Gasteiger partial charge in [0.15, 0.2) is 6.61 Å². The van der Waals surface area contributed by atoms with Crippen molar-refractivity contribution in [3.8, 4) is 11.1 Å². The molecule has 0 saturated heterocycles. The maximum Gasteiger partial charge on any atom is 0.348 e. The van der Waals surface area contributed by atoms with Gasteiger partial charge >= 0.3 is 5.97 Å². The van der Waals surface area contributed by atoms with Gasteiger partial charge in [-0.3, -0.25) is 4.79 Å². The lowest BCUT2D eigenvalue weighted by Crippen LogP contribution is -2.21. The van der Waals surface area contributed by atoms with Gasteiger partial charge < -0.3 is 10.1 Å². The quantitative estimate of drug-likeness (QED) is 0.460. The molecule has 3 aromatic rings. The Bertz CT molecular complexity index is 921. The van der Waals surface area contributed by atoms with Gasteiger partial charge in [-0.25, -0.2) is 4.79 Å². The van der Waals surface area contributed by atoms with E-state index >= 15 is 0 Å². The van der Waals surface area contributed by atoms with Crippen molar-refractivity contribution in [3.63, 3.8) is 0 Å². The highest BCUT2D eigenvalue weighted by atomic mass is 79.9. The molecule has 0 saturated carbocycles. The van der Waals surface area contributed by atoms with Gasteiger partial charge in [0, 0.05) is 15.7 Å². The topological polar surface area (TPSA) is 55.4 Å². The molecule has 0 aliphatic heterocycles. The molecule has 3 rings (SSSR count). The largest absolute Gasteiger partial charge is 0.451 e. The number of hydrogen-bond donors (Lipinski definition) is 1. The molecule has 1 aromatic heterocycles. The average molecular weight is 495 g/mol. The minimum atomic E-state index is -0.534. The smallest absolute Gasteiger partial charge is 0.348 e. The predicted octanol–water partition coefficient (Wildman–Crippen LogP) is 5.74. The van der Waals surface area contributed by atoms with Gasteiger partial charge in [0.25, 0.3) is 5.91 Å². The van der Waals surface area contributed by atoms with Crippen LogP contribution in [0, 0.1) is 0 Å². The molecule has 0 atom stereocenters. The fourth-order valence-electron chi connectivity index (χ4n) is 2.30. The lowest BCUT2D eigenvalue weighted by molar-refractivity contribution is -0.119. The third-order valence-electron chi connectivity index (χ3n) is 3.47. The van der Waals surface area contributed by atoms with Gasteiger partial charge in [-0.2, -0.15) is 0 Å². The van der Waals surface area contributed by atoms with E-state index in [1.54, 1.807) is 6.07 Å². The van der Waals surface area contributed by atoms with Crippen molar-refractivity contribution in [2.75, 3.05) is 11.9 Å². The lowest BCUT2D eigenvalue weighted by atomic mass is 10.0. The zero-order valence-corrected chi connectivity index (χ0v) is 17.4. The van der Waals surface area contributed by atoms with Gasteiger partial charge in [0.05, 0.1) is 3.79 Å². The SMILES string of the molecule is O=C(COC(=O)c1cc(Br)c(Br)s1)Nc1ccccc1-c1ccccc1. The van der Waals surface area contributed by atoms with Gasteiger partial charge in [0.2, 0.25) is 0 Å². The third kappa shape index (κ3) is 4.60. The van der Waals surface area contributed by atoms with Gasteiger partial charge in [-0.15, -0.1) is 11.3 Å². The number of carbonyl (C=O) groups is 2. The molecule has 4 nitrogen and oxygen atoms in total. The van der Waals surface area contributed by atoms with E-state index in [1.165, 1.54) is 11.3 Å². The second-order valence-electron chi connectivity index (χ2n) is 5.27. The zero-order valence-electron chi connectivity index (χ0n) is 13.4. The number of ether oxygens (including phenoxy) is 1. The van der Waals surface area contributed by atoms with Crippen molar-refractivity contribution in [2.45, 2.75) is 0 Å². The lowest BCUT2D eigenvalue weighted by Gasteiger charge is -2.11. The van der Waals surface area contributed by atoms with E-state index in [9.17, 15) is 9.59 Å². The normalized spacial score (nSPS) is 10.4. The van der Waals surface area contributed by atoms with Crippen LogP contribution in [0.3, 0.4) is 0 Å². The molecule has 26 heavy (non-hydrogen) atoms. The molecule has 0 bridgehead atoms. The van der Waals surface area contributed by atoms with Crippen LogP contribution in [0.2, 0.25) is 0 Å². The van der Waals surface area contributed by atoms with Gasteiger partial charge in [0.1, 0.15) is 4.88 Å². The van der Waals surface area contributed by atoms with E-state index < -0.39 is 11.9 Å². The predicted molar refractivity (Wildman–Crippen MR) is 111 cm³/mol. The van der Waals surface area contributed by atoms with Crippen molar-refractivity contribution in [3.05, 3.63) is 73.8 Å². The number of rotatable bonds is 5. The molecule has 0 aliphatic carbocycles. The molecule has 2 aromatic carbocycles. The molecule has 0 radical (unpaired) electrons. The van der Waals surface area contributed by atoms with Crippen LogP contribution in [0.5, 0.6) is 0 Å². The summed E-state index contributed by atoms with van der Waals surface area (Å²) in [5, 5.41) is 2.80. The molecule has 1 heterocycles. The number of para-hydroxylation sites is 1. The van der Waals surface area contributed by atoms with Crippen LogP contribution in [0.1, 0.15) is 9.67 Å². The molecule has 132 valence electrons. The zero-order chi connectivity index (χ0) is 18.5. The van der Waals surface area contributed by atoms with Gasteiger partial charge in [-0.1, -0.05) is 48.5 Å². The Balaban J connectivity index is 1.65. The standard InChI is InChI=1S/C19H13Br2NO3S/c20-14-10-16(26-18(14)21)19(24)25-11-17(23)22-15-9-5-4-8-13(15)12-6-2-1-3-7-12/h1-10H,11H2,(H,22,23). The van der Waals surface area contributed by atoms with E-state index in [-0.39, 0.29) is 6.61 Å². The summed E-state index contributed by atoms with van der Waals surface area (Å²) in [6.07, 6.45) is 0. The summed E-state index contributed by atoms with van der Waals surface area (Å²) in [6, 6.07) is 18.9. The minimum absolute atomic E-state index is 0.352. The Kier molecular flexibility index (Phi) is 6.24. The van der Waals surface area contributed by atoms with Crippen molar-refractivity contribution in [1.82, 2.24) is 0 Å². The molecule has 1 N–H and O–H groups in total. The summed E-state index contributed by atoms with van der Waals surface area (Å²) < 4.78 is 6.66. The molecule has 0 unspecified atom stereocenters. The van der Waals surface area contributed by atoms with Gasteiger partial charge in [-0.05, 0) is 49.6 Å². The fourth-order valence-corrected chi connectivity index (χ4v) is 4.23. The number of nitrogens with one attached hydrogen (secondary N) is 1. The second kappa shape index (κ2) is 8.62. The third-order valence-corrected chi connectivity index (χ3v) is 6.70. The summed E-state index contributed by atoms with van der Waals surface area (Å²) in [6.45, 7) is -0.352. The number of esters is 1. The second-order valence-corrected chi connectivity index (χ2v) is 8.49. The Hall–Kier alpha value is -1.96. The number of thiophene rings is 1. The molecule has 7 heteroatoms. The first-order chi connectivity index (χ1) is 12.5. The van der Waals surface area contributed by atoms with E-state index in [0.29, 0.717) is 10.6 Å². The Morgan fingerprint density at radius 1 is 1.00 bits per heavy atom. The number of carbonyl (C=O) groups excluding carboxylic acids is 2. The summed E-state index contributed by atoms with van der Waals surface area (Å²) in [5.74, 6) is -0.927. The highest BCUT2D eigenvalue weighted by molar-refractivity contribution is 9.13. The maximum absolute atomic E-state index is 12.2. The molecule has 0 aliphatic rings. The number of halogens is 2. The van der Waals surface area contributed by atoms with E-state index in [2.05, 4.69) is 37.2 Å². The summed E-state index contributed by atoms with van der Waals surface area (Å²) in [4.78, 5) is 24.6. The van der Waals surface area contributed by atoms with Crippen LogP contribution in [0.25, 0.3) is 11.1 Å². The van der Waals surface area contributed by atoms with Crippen molar-refractivity contribution >= 4 is 60.8 Å². The number of hydrogen-bond acceptors (Lipinski definition) is 4. The van der Waals surface area contributed by atoms with Crippen LogP contribution in [-0.2, 0) is 9.53 Å². The molecular formula is C19H13Br2NO3S. The molecule has 0 spiro atoms. The maximum atomic E-state index is 12.2. The van der Waals surface area contributed by atoms with Crippen LogP contribution < -0.4 is 5.32 Å². The monoisotopic (exact) mass is 493 g/mol. The summed E-state index contributed by atoms with van der Waals surface area (Å²) in [7, 11) is 0. The van der Waals surface area contributed by atoms with Crippen LogP contribution in [0.15, 0.2) is 68.9 Å². The first kappa shape index (κ1) is 18.8. The number of anilines is 1. The molecular weight excluding hydrogens is 482 g/mol. The number of benzene rings is 2. The van der Waals surface area contributed by atoms with E-state index in [1.807, 2.05) is 54.6 Å². The molecule has 1 amide bonds.